The first-order valence-electron chi connectivity index (χ1n) is 7.63. The number of anilines is 1. The van der Waals surface area contributed by atoms with E-state index in [0.29, 0.717) is 12.3 Å². The van der Waals surface area contributed by atoms with Gasteiger partial charge in [-0.1, -0.05) is 32.9 Å². The largest absolute Gasteiger partial charge is 0.493 e. The SMILES string of the molecule is CC(C)(C)c1ccc(OCCC(=O)Nc2ccc(F)cc2)cc1. The molecule has 0 aliphatic heterocycles. The molecule has 122 valence electrons. The predicted molar refractivity (Wildman–Crippen MR) is 90.3 cm³/mol. The van der Waals surface area contributed by atoms with E-state index >= 15 is 0 Å². The summed E-state index contributed by atoms with van der Waals surface area (Å²) in [5, 5.41) is 2.70. The fourth-order valence-corrected chi connectivity index (χ4v) is 2.07. The number of carbonyl (C=O) groups is 1. The zero-order valence-electron chi connectivity index (χ0n) is 13.7. The molecular weight excluding hydrogens is 293 g/mol. The summed E-state index contributed by atoms with van der Waals surface area (Å²) in [7, 11) is 0. The molecule has 0 heterocycles. The van der Waals surface area contributed by atoms with Crippen LogP contribution in [0.15, 0.2) is 48.5 Å². The minimum atomic E-state index is -0.329. The fourth-order valence-electron chi connectivity index (χ4n) is 2.07. The van der Waals surface area contributed by atoms with Crippen LogP contribution in [0.1, 0.15) is 32.8 Å². The molecule has 0 spiro atoms. The number of carbonyl (C=O) groups excluding carboxylic acids is 1. The lowest BCUT2D eigenvalue weighted by atomic mass is 9.87. The van der Waals surface area contributed by atoms with Crippen molar-refractivity contribution in [3.8, 4) is 5.75 Å². The minimum absolute atomic E-state index is 0.105. The number of hydrogen-bond acceptors (Lipinski definition) is 2. The van der Waals surface area contributed by atoms with E-state index in [1.807, 2.05) is 24.3 Å². The predicted octanol–water partition coefficient (Wildman–Crippen LogP) is 4.53. The molecule has 4 heteroatoms. The third-order valence-electron chi connectivity index (χ3n) is 3.45. The third-order valence-corrected chi connectivity index (χ3v) is 3.45. The summed E-state index contributed by atoms with van der Waals surface area (Å²) in [6, 6.07) is 13.6. The normalized spacial score (nSPS) is 11.1. The van der Waals surface area contributed by atoms with Crippen molar-refractivity contribution in [2.75, 3.05) is 11.9 Å². The molecule has 0 aliphatic rings. The number of nitrogens with one attached hydrogen (secondary N) is 1. The van der Waals surface area contributed by atoms with Gasteiger partial charge in [0.15, 0.2) is 0 Å². The maximum absolute atomic E-state index is 12.8. The first kappa shape index (κ1) is 17.0. The summed E-state index contributed by atoms with van der Waals surface area (Å²) in [4.78, 5) is 11.8. The molecule has 2 rings (SSSR count). The molecule has 0 aromatic heterocycles. The van der Waals surface area contributed by atoms with Gasteiger partial charge in [0, 0.05) is 5.69 Å². The molecule has 0 fully saturated rings. The van der Waals surface area contributed by atoms with Gasteiger partial charge in [-0.15, -0.1) is 0 Å². The standard InChI is InChI=1S/C19H22FNO2/c1-19(2,3)14-4-10-17(11-5-14)23-13-12-18(22)21-16-8-6-15(20)7-9-16/h4-11H,12-13H2,1-3H3,(H,21,22). The van der Waals surface area contributed by atoms with Gasteiger partial charge in [0.25, 0.3) is 0 Å². The van der Waals surface area contributed by atoms with Crippen LogP contribution in [0, 0.1) is 5.82 Å². The van der Waals surface area contributed by atoms with Crippen LogP contribution in [0.2, 0.25) is 0 Å². The second kappa shape index (κ2) is 7.27. The van der Waals surface area contributed by atoms with Gasteiger partial charge in [0.1, 0.15) is 11.6 Å². The highest BCUT2D eigenvalue weighted by atomic mass is 19.1. The average molecular weight is 315 g/mol. The molecule has 1 amide bonds. The summed E-state index contributed by atoms with van der Waals surface area (Å²) in [5.74, 6) is 0.250. The van der Waals surface area contributed by atoms with Gasteiger partial charge in [0.05, 0.1) is 13.0 Å². The van der Waals surface area contributed by atoms with Crippen molar-refractivity contribution in [1.29, 1.82) is 0 Å². The Morgan fingerprint density at radius 1 is 1.04 bits per heavy atom. The first-order chi connectivity index (χ1) is 10.8. The van der Waals surface area contributed by atoms with Gasteiger partial charge in [-0.2, -0.15) is 0 Å². The highest BCUT2D eigenvalue weighted by molar-refractivity contribution is 5.90. The van der Waals surface area contributed by atoms with E-state index in [0.717, 1.165) is 5.75 Å². The zero-order valence-corrected chi connectivity index (χ0v) is 13.7. The molecule has 0 unspecified atom stereocenters. The van der Waals surface area contributed by atoms with Crippen molar-refractivity contribution in [1.82, 2.24) is 0 Å². The van der Waals surface area contributed by atoms with E-state index in [1.165, 1.54) is 29.8 Å². The summed E-state index contributed by atoms with van der Waals surface area (Å²) in [6.45, 7) is 6.76. The van der Waals surface area contributed by atoms with E-state index in [1.54, 1.807) is 0 Å². The van der Waals surface area contributed by atoms with Crippen LogP contribution >= 0.6 is 0 Å². The third kappa shape index (κ3) is 5.40. The van der Waals surface area contributed by atoms with E-state index in [-0.39, 0.29) is 23.6 Å². The van der Waals surface area contributed by atoms with Gasteiger partial charge in [-0.3, -0.25) is 4.79 Å². The Balaban J connectivity index is 1.78. The van der Waals surface area contributed by atoms with E-state index in [9.17, 15) is 9.18 Å². The molecule has 2 aromatic rings. The van der Waals surface area contributed by atoms with Crippen LogP contribution in [-0.4, -0.2) is 12.5 Å². The van der Waals surface area contributed by atoms with Crippen molar-refractivity contribution < 1.29 is 13.9 Å². The molecule has 0 radical (unpaired) electrons. The highest BCUT2D eigenvalue weighted by Crippen LogP contribution is 2.24. The zero-order chi connectivity index (χ0) is 16.9. The smallest absolute Gasteiger partial charge is 0.227 e. The molecule has 2 aromatic carbocycles. The first-order valence-corrected chi connectivity index (χ1v) is 7.63. The van der Waals surface area contributed by atoms with Crippen molar-refractivity contribution in [3.05, 3.63) is 59.9 Å². The molecule has 0 atom stereocenters. The minimum Gasteiger partial charge on any atom is -0.493 e. The lowest BCUT2D eigenvalue weighted by molar-refractivity contribution is -0.116. The van der Waals surface area contributed by atoms with Crippen molar-refractivity contribution in [3.63, 3.8) is 0 Å². The summed E-state index contributed by atoms with van der Waals surface area (Å²) in [5.41, 5.74) is 1.91. The molecular formula is C19H22FNO2. The molecule has 0 saturated carbocycles. The molecule has 3 nitrogen and oxygen atoms in total. The van der Waals surface area contributed by atoms with Gasteiger partial charge < -0.3 is 10.1 Å². The van der Waals surface area contributed by atoms with Crippen molar-refractivity contribution in [2.24, 2.45) is 0 Å². The van der Waals surface area contributed by atoms with Crippen LogP contribution < -0.4 is 10.1 Å². The van der Waals surface area contributed by atoms with Crippen LogP contribution in [0.25, 0.3) is 0 Å². The van der Waals surface area contributed by atoms with Crippen LogP contribution in [0.5, 0.6) is 5.75 Å². The number of halogens is 1. The van der Waals surface area contributed by atoms with Gasteiger partial charge >= 0.3 is 0 Å². The summed E-state index contributed by atoms with van der Waals surface area (Å²) < 4.78 is 18.4. The second-order valence-corrected chi connectivity index (χ2v) is 6.43. The van der Waals surface area contributed by atoms with Crippen LogP contribution in [0.4, 0.5) is 10.1 Å². The maximum Gasteiger partial charge on any atom is 0.227 e. The Labute approximate surface area is 136 Å². The number of hydrogen-bond donors (Lipinski definition) is 1. The van der Waals surface area contributed by atoms with E-state index in [4.69, 9.17) is 4.74 Å². The lowest BCUT2D eigenvalue weighted by Gasteiger charge is -2.19. The number of benzene rings is 2. The molecule has 0 saturated heterocycles. The van der Waals surface area contributed by atoms with Gasteiger partial charge in [0.2, 0.25) is 5.91 Å². The number of ether oxygens (including phenoxy) is 1. The highest BCUT2D eigenvalue weighted by Gasteiger charge is 2.13. The quantitative estimate of drug-likeness (QED) is 0.880. The van der Waals surface area contributed by atoms with E-state index < -0.39 is 0 Å². The summed E-state index contributed by atoms with van der Waals surface area (Å²) in [6.07, 6.45) is 0.235. The van der Waals surface area contributed by atoms with Gasteiger partial charge in [-0.05, 0) is 47.4 Å². The molecule has 1 N–H and O–H groups in total. The number of amides is 1. The monoisotopic (exact) mass is 315 g/mol. The molecule has 0 bridgehead atoms. The molecule has 23 heavy (non-hydrogen) atoms. The van der Waals surface area contributed by atoms with Gasteiger partial charge in [-0.25, -0.2) is 4.39 Å². The Morgan fingerprint density at radius 3 is 2.22 bits per heavy atom. The second-order valence-electron chi connectivity index (χ2n) is 6.43. The van der Waals surface area contributed by atoms with Crippen molar-refractivity contribution in [2.45, 2.75) is 32.6 Å². The topological polar surface area (TPSA) is 38.3 Å². The average Bonchev–Trinajstić information content (AvgIpc) is 2.49. The van der Waals surface area contributed by atoms with Crippen LogP contribution in [0.3, 0.4) is 0 Å². The lowest BCUT2D eigenvalue weighted by Crippen LogP contribution is -2.15. The molecule has 0 aliphatic carbocycles. The number of rotatable bonds is 5. The summed E-state index contributed by atoms with van der Waals surface area (Å²) >= 11 is 0. The van der Waals surface area contributed by atoms with E-state index in [2.05, 4.69) is 26.1 Å². The Kier molecular flexibility index (Phi) is 5.37. The fraction of sp³-hybridized carbons (Fsp3) is 0.316. The Hall–Kier alpha value is -2.36. The van der Waals surface area contributed by atoms with Crippen LogP contribution in [-0.2, 0) is 10.2 Å². The van der Waals surface area contributed by atoms with Crippen molar-refractivity contribution >= 4 is 11.6 Å². The Bertz CT molecular complexity index is 643. The maximum atomic E-state index is 12.8. The Morgan fingerprint density at radius 2 is 1.65 bits per heavy atom.